The summed E-state index contributed by atoms with van der Waals surface area (Å²) in [5.74, 6) is 0. The molecule has 1 saturated carbocycles. The maximum atomic E-state index is 11.6. The Kier molecular flexibility index (Phi) is 4.77. The number of hydrogen-bond acceptors (Lipinski definition) is 4. The fourth-order valence-electron chi connectivity index (χ4n) is 2.04. The van der Waals surface area contributed by atoms with E-state index >= 15 is 0 Å². The van der Waals surface area contributed by atoms with E-state index in [4.69, 9.17) is 15.2 Å². The van der Waals surface area contributed by atoms with Crippen molar-refractivity contribution in [3.05, 3.63) is 0 Å². The molecule has 100 valence electrons. The van der Waals surface area contributed by atoms with E-state index in [1.165, 1.54) is 0 Å². The summed E-state index contributed by atoms with van der Waals surface area (Å²) in [6, 6.07) is 0.159. The van der Waals surface area contributed by atoms with Crippen LogP contribution in [-0.2, 0) is 9.47 Å². The van der Waals surface area contributed by atoms with Gasteiger partial charge in [-0.25, -0.2) is 4.79 Å². The first kappa shape index (κ1) is 14.3. The summed E-state index contributed by atoms with van der Waals surface area (Å²) >= 11 is 0. The first-order valence-electron chi connectivity index (χ1n) is 6.09. The Morgan fingerprint density at radius 1 is 1.35 bits per heavy atom. The van der Waals surface area contributed by atoms with E-state index in [-0.39, 0.29) is 24.3 Å². The van der Waals surface area contributed by atoms with Crippen LogP contribution in [0.2, 0.25) is 0 Å². The molecule has 3 atom stereocenters. The van der Waals surface area contributed by atoms with Crippen LogP contribution < -0.4 is 11.1 Å². The minimum atomic E-state index is -0.474. The average Bonchev–Trinajstić information content (AvgIpc) is 2.17. The summed E-state index contributed by atoms with van der Waals surface area (Å²) in [6.45, 7) is 5.53. The molecule has 0 bridgehead atoms. The predicted octanol–water partition coefficient (Wildman–Crippen LogP) is 1.41. The second-order valence-electron chi connectivity index (χ2n) is 5.60. The van der Waals surface area contributed by atoms with Crippen molar-refractivity contribution < 1.29 is 14.3 Å². The molecule has 17 heavy (non-hydrogen) atoms. The second-order valence-corrected chi connectivity index (χ2v) is 5.60. The average molecular weight is 244 g/mol. The smallest absolute Gasteiger partial charge is 0.407 e. The quantitative estimate of drug-likeness (QED) is 0.770. The summed E-state index contributed by atoms with van der Waals surface area (Å²) < 4.78 is 10.6. The standard InChI is InChI=1S/C12H24N2O3/c1-12(2,3)17-11(15)14-9-6-5-8(13)7-10(9)16-4/h8-10H,5-7,13H2,1-4H3,(H,14,15)/t8-,9-,10-/m0/s1. The number of amides is 1. The third-order valence-corrected chi connectivity index (χ3v) is 2.84. The first-order chi connectivity index (χ1) is 7.81. The number of rotatable bonds is 2. The number of carbonyl (C=O) groups is 1. The van der Waals surface area contributed by atoms with Gasteiger partial charge in [0.2, 0.25) is 0 Å². The van der Waals surface area contributed by atoms with Crippen LogP contribution in [0.4, 0.5) is 4.79 Å². The Labute approximate surface area is 103 Å². The molecule has 0 aromatic carbocycles. The fourth-order valence-corrected chi connectivity index (χ4v) is 2.04. The number of nitrogens with two attached hydrogens (primary N) is 1. The summed E-state index contributed by atoms with van der Waals surface area (Å²) in [6.07, 6.45) is 2.10. The van der Waals surface area contributed by atoms with Gasteiger partial charge < -0.3 is 20.5 Å². The summed E-state index contributed by atoms with van der Waals surface area (Å²) in [7, 11) is 1.65. The highest BCUT2D eigenvalue weighted by atomic mass is 16.6. The molecule has 1 amide bonds. The van der Waals surface area contributed by atoms with Gasteiger partial charge in [0.25, 0.3) is 0 Å². The first-order valence-corrected chi connectivity index (χ1v) is 6.09. The molecule has 1 aliphatic rings. The molecule has 0 unspecified atom stereocenters. The molecule has 1 fully saturated rings. The summed E-state index contributed by atoms with van der Waals surface area (Å²) in [4.78, 5) is 11.6. The number of methoxy groups -OCH3 is 1. The number of nitrogens with one attached hydrogen (secondary N) is 1. The largest absolute Gasteiger partial charge is 0.444 e. The molecule has 0 radical (unpaired) electrons. The van der Waals surface area contributed by atoms with E-state index in [0.29, 0.717) is 0 Å². The highest BCUT2D eigenvalue weighted by Gasteiger charge is 2.31. The number of carbonyl (C=O) groups excluding carboxylic acids is 1. The van der Waals surface area contributed by atoms with Crippen LogP contribution in [0.25, 0.3) is 0 Å². The minimum absolute atomic E-state index is 0.00495. The van der Waals surface area contributed by atoms with Crippen LogP contribution in [0.5, 0.6) is 0 Å². The molecule has 5 heteroatoms. The van der Waals surface area contributed by atoms with Crippen molar-refractivity contribution in [2.45, 2.75) is 63.8 Å². The van der Waals surface area contributed by atoms with E-state index < -0.39 is 5.60 Å². The molecule has 1 rings (SSSR count). The van der Waals surface area contributed by atoms with Gasteiger partial charge in [-0.15, -0.1) is 0 Å². The maximum absolute atomic E-state index is 11.6. The second kappa shape index (κ2) is 5.69. The zero-order valence-electron chi connectivity index (χ0n) is 11.2. The lowest BCUT2D eigenvalue weighted by molar-refractivity contribution is 0.0178. The van der Waals surface area contributed by atoms with Crippen molar-refractivity contribution in [3.63, 3.8) is 0 Å². The third kappa shape index (κ3) is 4.91. The van der Waals surface area contributed by atoms with Crippen molar-refractivity contribution in [3.8, 4) is 0 Å². The van der Waals surface area contributed by atoms with Gasteiger partial charge in [0.1, 0.15) is 5.60 Å². The van der Waals surface area contributed by atoms with Gasteiger partial charge in [0, 0.05) is 13.2 Å². The van der Waals surface area contributed by atoms with Crippen LogP contribution in [0.1, 0.15) is 40.0 Å². The van der Waals surface area contributed by atoms with E-state index in [1.54, 1.807) is 7.11 Å². The van der Waals surface area contributed by atoms with Gasteiger partial charge in [-0.2, -0.15) is 0 Å². The zero-order valence-corrected chi connectivity index (χ0v) is 11.2. The van der Waals surface area contributed by atoms with Crippen LogP contribution in [0.3, 0.4) is 0 Å². The lowest BCUT2D eigenvalue weighted by Crippen LogP contribution is -2.51. The Hall–Kier alpha value is -0.810. The van der Waals surface area contributed by atoms with Gasteiger partial charge >= 0.3 is 6.09 Å². The van der Waals surface area contributed by atoms with Crippen LogP contribution in [0.15, 0.2) is 0 Å². The highest BCUT2D eigenvalue weighted by molar-refractivity contribution is 5.68. The maximum Gasteiger partial charge on any atom is 0.407 e. The van der Waals surface area contributed by atoms with E-state index in [2.05, 4.69) is 5.32 Å². The summed E-state index contributed by atoms with van der Waals surface area (Å²) in [5, 5.41) is 2.86. The van der Waals surface area contributed by atoms with E-state index in [0.717, 1.165) is 19.3 Å². The summed E-state index contributed by atoms with van der Waals surface area (Å²) in [5.41, 5.74) is 5.40. The normalized spacial score (nSPS) is 29.8. The number of alkyl carbamates (subject to hydrolysis) is 1. The predicted molar refractivity (Wildman–Crippen MR) is 65.8 cm³/mol. The molecule has 0 heterocycles. The van der Waals surface area contributed by atoms with Gasteiger partial charge in [-0.05, 0) is 40.0 Å². The topological polar surface area (TPSA) is 73.6 Å². The van der Waals surface area contributed by atoms with E-state index in [1.807, 2.05) is 20.8 Å². The van der Waals surface area contributed by atoms with Crippen LogP contribution >= 0.6 is 0 Å². The van der Waals surface area contributed by atoms with Gasteiger partial charge in [-0.3, -0.25) is 0 Å². The monoisotopic (exact) mass is 244 g/mol. The molecule has 0 aromatic rings. The Balaban J connectivity index is 2.47. The Bertz CT molecular complexity index is 263. The van der Waals surface area contributed by atoms with Crippen LogP contribution in [0, 0.1) is 0 Å². The molecule has 5 nitrogen and oxygen atoms in total. The molecule has 3 N–H and O–H groups in total. The Morgan fingerprint density at radius 3 is 2.53 bits per heavy atom. The molecule has 0 spiro atoms. The molecular weight excluding hydrogens is 220 g/mol. The lowest BCUT2D eigenvalue weighted by atomic mass is 9.89. The number of hydrogen-bond donors (Lipinski definition) is 2. The van der Waals surface area contributed by atoms with Gasteiger partial charge in [0.15, 0.2) is 0 Å². The molecule has 1 aliphatic carbocycles. The van der Waals surface area contributed by atoms with Crippen molar-refractivity contribution in [2.24, 2.45) is 5.73 Å². The fraction of sp³-hybridized carbons (Fsp3) is 0.917. The molecule has 0 aromatic heterocycles. The van der Waals surface area contributed by atoms with Crippen molar-refractivity contribution in [2.75, 3.05) is 7.11 Å². The van der Waals surface area contributed by atoms with E-state index in [9.17, 15) is 4.79 Å². The lowest BCUT2D eigenvalue weighted by Gasteiger charge is -2.34. The Morgan fingerprint density at radius 2 is 2.00 bits per heavy atom. The molecular formula is C12H24N2O3. The van der Waals surface area contributed by atoms with Crippen LogP contribution in [-0.4, -0.2) is 37.0 Å². The number of ether oxygens (including phenoxy) is 2. The molecule has 0 aliphatic heterocycles. The van der Waals surface area contributed by atoms with Gasteiger partial charge in [-0.1, -0.05) is 0 Å². The SMILES string of the molecule is CO[C@H]1C[C@@H](N)CC[C@@H]1NC(=O)OC(C)(C)C. The third-order valence-electron chi connectivity index (χ3n) is 2.84. The molecule has 0 saturated heterocycles. The zero-order chi connectivity index (χ0) is 13.1. The van der Waals surface area contributed by atoms with Crippen molar-refractivity contribution in [1.29, 1.82) is 0 Å². The van der Waals surface area contributed by atoms with Crippen molar-refractivity contribution in [1.82, 2.24) is 5.32 Å². The highest BCUT2D eigenvalue weighted by Crippen LogP contribution is 2.20. The van der Waals surface area contributed by atoms with Gasteiger partial charge in [0.05, 0.1) is 12.1 Å². The van der Waals surface area contributed by atoms with Crippen molar-refractivity contribution >= 4 is 6.09 Å². The minimum Gasteiger partial charge on any atom is -0.444 e.